The summed E-state index contributed by atoms with van der Waals surface area (Å²) in [6.07, 6.45) is 0. The zero-order valence-electron chi connectivity index (χ0n) is 7.23. The number of ketones is 1. The number of benzene rings is 1. The van der Waals surface area contributed by atoms with Crippen LogP contribution in [0.1, 0.15) is 17.3 Å². The van der Waals surface area contributed by atoms with Crippen LogP contribution < -0.4 is 4.94 Å². The van der Waals surface area contributed by atoms with Crippen molar-refractivity contribution in [2.45, 2.75) is 6.92 Å². The van der Waals surface area contributed by atoms with Crippen molar-refractivity contribution in [1.29, 1.82) is 0 Å². The summed E-state index contributed by atoms with van der Waals surface area (Å²) in [6.45, 7) is 1.31. The largest absolute Gasteiger partial charge is 0.507 e. The number of hydrogen-bond donors (Lipinski definition) is 1. The van der Waals surface area contributed by atoms with Crippen LogP contribution in [0, 0.1) is 0 Å². The maximum absolute atomic E-state index is 11.2. The second kappa shape index (κ2) is 2.95. The van der Waals surface area contributed by atoms with Crippen LogP contribution >= 0.6 is 11.3 Å². The van der Waals surface area contributed by atoms with Crippen LogP contribution in [-0.2, 0) is 0 Å². The van der Waals surface area contributed by atoms with Gasteiger partial charge in [0, 0.05) is 0 Å². The van der Waals surface area contributed by atoms with Gasteiger partial charge in [-0.15, -0.1) is 0 Å². The van der Waals surface area contributed by atoms with E-state index >= 15 is 0 Å². The van der Waals surface area contributed by atoms with Crippen molar-refractivity contribution in [3.05, 3.63) is 27.4 Å². The van der Waals surface area contributed by atoms with Crippen molar-refractivity contribution in [2.24, 2.45) is 0 Å². The predicted molar refractivity (Wildman–Crippen MR) is 52.0 cm³/mol. The van der Waals surface area contributed by atoms with Gasteiger partial charge >= 0.3 is 4.94 Å². The lowest BCUT2D eigenvalue weighted by molar-refractivity contribution is 0.101. The molecule has 0 atom stereocenters. The van der Waals surface area contributed by atoms with Gasteiger partial charge in [-0.1, -0.05) is 11.3 Å². The lowest BCUT2D eigenvalue weighted by Gasteiger charge is -1.98. The molecule has 0 saturated heterocycles. The fourth-order valence-corrected chi connectivity index (χ4v) is 1.95. The number of carbonyl (C=O) groups is 1. The molecule has 5 heteroatoms. The lowest BCUT2D eigenvalue weighted by Crippen LogP contribution is -1.93. The van der Waals surface area contributed by atoms with Gasteiger partial charge in [0.25, 0.3) is 0 Å². The van der Waals surface area contributed by atoms with Gasteiger partial charge in [-0.3, -0.25) is 4.79 Å². The molecular weight excluding hydrogens is 204 g/mol. The highest BCUT2D eigenvalue weighted by molar-refractivity contribution is 7.16. The van der Waals surface area contributed by atoms with Gasteiger partial charge in [0.05, 0.1) is 4.70 Å². The summed E-state index contributed by atoms with van der Waals surface area (Å²) in [7, 11) is 0. The second-order valence-corrected chi connectivity index (χ2v) is 3.77. The molecule has 0 unspecified atom stereocenters. The second-order valence-electron chi connectivity index (χ2n) is 2.80. The molecular formula is C9H6O4S. The smallest absolute Gasteiger partial charge is 0.396 e. The molecule has 2 aromatic rings. The number of aromatic hydroxyl groups is 1. The molecule has 2 rings (SSSR count). The van der Waals surface area contributed by atoms with Crippen LogP contribution in [0.3, 0.4) is 0 Å². The van der Waals surface area contributed by atoms with E-state index in [9.17, 15) is 14.7 Å². The molecule has 0 bridgehead atoms. The van der Waals surface area contributed by atoms with Crippen LogP contribution in [0.15, 0.2) is 21.3 Å². The summed E-state index contributed by atoms with van der Waals surface area (Å²) in [4.78, 5) is 21.6. The van der Waals surface area contributed by atoms with E-state index in [-0.39, 0.29) is 22.7 Å². The topological polar surface area (TPSA) is 67.5 Å². The van der Waals surface area contributed by atoms with Gasteiger partial charge in [0.2, 0.25) is 0 Å². The summed E-state index contributed by atoms with van der Waals surface area (Å²) in [5.74, 6) is -0.485. The monoisotopic (exact) mass is 210 g/mol. The van der Waals surface area contributed by atoms with Crippen molar-refractivity contribution in [1.82, 2.24) is 0 Å². The number of phenols is 1. The van der Waals surface area contributed by atoms with Crippen molar-refractivity contribution in [3.8, 4) is 5.75 Å². The van der Waals surface area contributed by atoms with Crippen LogP contribution in [0.4, 0.5) is 0 Å². The van der Waals surface area contributed by atoms with Crippen LogP contribution in [0.5, 0.6) is 5.75 Å². The van der Waals surface area contributed by atoms with E-state index < -0.39 is 4.94 Å². The molecule has 14 heavy (non-hydrogen) atoms. The molecule has 1 aromatic heterocycles. The van der Waals surface area contributed by atoms with Crippen molar-refractivity contribution in [3.63, 3.8) is 0 Å². The van der Waals surface area contributed by atoms with Crippen LogP contribution in [0.2, 0.25) is 0 Å². The lowest BCUT2D eigenvalue weighted by atomic mass is 10.1. The first-order valence-electron chi connectivity index (χ1n) is 3.86. The van der Waals surface area contributed by atoms with E-state index in [4.69, 9.17) is 4.42 Å². The highest BCUT2D eigenvalue weighted by Crippen LogP contribution is 2.28. The summed E-state index contributed by atoms with van der Waals surface area (Å²) < 4.78 is 5.39. The third kappa shape index (κ3) is 1.22. The van der Waals surface area contributed by atoms with Gasteiger partial charge in [0.1, 0.15) is 11.3 Å². The van der Waals surface area contributed by atoms with Gasteiger partial charge in [0.15, 0.2) is 11.4 Å². The molecule has 0 saturated carbocycles. The number of Topliss-reactive ketones (excluding diaryl/α,β-unsaturated/α-hetero) is 1. The molecule has 0 spiro atoms. The molecule has 0 fully saturated rings. The van der Waals surface area contributed by atoms with E-state index in [0.29, 0.717) is 4.70 Å². The number of fused-ring (bicyclic) bond motifs is 1. The Morgan fingerprint density at radius 2 is 2.21 bits per heavy atom. The van der Waals surface area contributed by atoms with E-state index in [1.807, 2.05) is 0 Å². The predicted octanol–water partition coefficient (Wildman–Crippen LogP) is 1.76. The molecule has 0 aliphatic heterocycles. The Bertz CT molecular complexity index is 564. The molecule has 1 heterocycles. The van der Waals surface area contributed by atoms with E-state index in [1.54, 1.807) is 6.07 Å². The van der Waals surface area contributed by atoms with Crippen LogP contribution in [-0.4, -0.2) is 10.9 Å². The normalized spacial score (nSPS) is 10.6. The molecule has 1 N–H and O–H groups in total. The Morgan fingerprint density at radius 1 is 1.50 bits per heavy atom. The molecule has 0 radical (unpaired) electrons. The minimum absolute atomic E-state index is 0.0702. The number of rotatable bonds is 1. The Morgan fingerprint density at radius 3 is 2.86 bits per heavy atom. The van der Waals surface area contributed by atoms with Crippen molar-refractivity contribution < 1.29 is 14.3 Å². The number of phenolic OH excluding ortho intramolecular Hbond substituents is 1. The first-order valence-corrected chi connectivity index (χ1v) is 4.68. The van der Waals surface area contributed by atoms with Gasteiger partial charge in [-0.25, -0.2) is 4.79 Å². The Kier molecular flexibility index (Phi) is 1.89. The summed E-state index contributed by atoms with van der Waals surface area (Å²) >= 11 is 0.907. The van der Waals surface area contributed by atoms with Crippen LogP contribution in [0.25, 0.3) is 10.3 Å². The minimum atomic E-state index is -0.479. The quantitative estimate of drug-likeness (QED) is 0.728. The maximum Gasteiger partial charge on any atom is 0.396 e. The molecule has 0 aliphatic rings. The zero-order valence-corrected chi connectivity index (χ0v) is 8.05. The summed E-state index contributed by atoms with van der Waals surface area (Å²) in [5, 5.41) is 9.41. The average Bonchev–Trinajstić information content (AvgIpc) is 2.43. The number of hydrogen-bond acceptors (Lipinski definition) is 5. The summed E-state index contributed by atoms with van der Waals surface area (Å²) in [5.41, 5.74) is 0.244. The van der Waals surface area contributed by atoms with Crippen molar-refractivity contribution >= 4 is 27.4 Å². The van der Waals surface area contributed by atoms with E-state index in [2.05, 4.69) is 0 Å². The number of carbonyl (C=O) groups excluding carboxylic acids is 1. The molecule has 0 aliphatic carbocycles. The Labute approximate surface area is 82.4 Å². The van der Waals surface area contributed by atoms with Crippen molar-refractivity contribution in [2.75, 3.05) is 0 Å². The molecule has 4 nitrogen and oxygen atoms in total. The minimum Gasteiger partial charge on any atom is -0.507 e. The van der Waals surface area contributed by atoms with E-state index in [1.165, 1.54) is 13.0 Å². The zero-order chi connectivity index (χ0) is 10.3. The SMILES string of the molecule is CC(=O)c1c(O)ccc2sc(=O)oc12. The standard InChI is InChI=1S/C9H6O4S/c1-4(10)7-5(11)2-3-6-8(7)13-9(12)14-6/h2-3,11H,1H3. The highest BCUT2D eigenvalue weighted by atomic mass is 32.1. The first kappa shape index (κ1) is 8.96. The fourth-order valence-electron chi connectivity index (χ4n) is 1.27. The maximum atomic E-state index is 11.2. The van der Waals surface area contributed by atoms with Gasteiger partial charge in [-0.2, -0.15) is 0 Å². The summed E-state index contributed by atoms with van der Waals surface area (Å²) in [6, 6.07) is 2.93. The van der Waals surface area contributed by atoms with E-state index in [0.717, 1.165) is 11.3 Å². The Hall–Kier alpha value is -1.62. The Balaban J connectivity index is 2.95. The average molecular weight is 210 g/mol. The van der Waals surface area contributed by atoms with Gasteiger partial charge in [-0.05, 0) is 19.1 Å². The molecule has 72 valence electrons. The molecule has 1 aromatic carbocycles. The third-order valence-electron chi connectivity index (χ3n) is 1.83. The first-order chi connectivity index (χ1) is 6.59. The highest BCUT2D eigenvalue weighted by Gasteiger charge is 2.15. The third-order valence-corrected chi connectivity index (χ3v) is 2.62. The van der Waals surface area contributed by atoms with Gasteiger partial charge < -0.3 is 9.52 Å². The fraction of sp³-hybridized carbons (Fsp3) is 0.111. The molecule has 0 amide bonds.